The molecule has 1 N–H and O–H groups in total. The molecular formula is C28H21N5O4S2. The fourth-order valence-corrected chi connectivity index (χ4v) is 6.74. The zero-order valence-corrected chi connectivity index (χ0v) is 22.5. The van der Waals surface area contributed by atoms with E-state index in [2.05, 4.69) is 11.1 Å². The molecule has 0 saturated heterocycles. The lowest BCUT2D eigenvalue weighted by atomic mass is 9.83. The molecule has 0 aliphatic carbocycles. The van der Waals surface area contributed by atoms with Crippen molar-refractivity contribution in [3.8, 4) is 28.9 Å². The summed E-state index contributed by atoms with van der Waals surface area (Å²) in [5.41, 5.74) is 4.24. The average molecular weight is 556 g/mol. The predicted molar refractivity (Wildman–Crippen MR) is 149 cm³/mol. The summed E-state index contributed by atoms with van der Waals surface area (Å²) in [7, 11) is 3.22. The topological polar surface area (TPSA) is 104 Å². The van der Waals surface area contributed by atoms with Crippen LogP contribution in [-0.4, -0.2) is 43.9 Å². The van der Waals surface area contributed by atoms with Crippen LogP contribution in [0.3, 0.4) is 0 Å². The molecule has 0 unspecified atom stereocenters. The Morgan fingerprint density at radius 3 is 2.74 bits per heavy atom. The Hall–Kier alpha value is -4.35. The largest absolute Gasteiger partial charge is 0.508 e. The Kier molecular flexibility index (Phi) is 5.75. The van der Waals surface area contributed by atoms with E-state index in [0.29, 0.717) is 40.4 Å². The number of phenolic OH excluding ortho intramolecular Hbond substituents is 1. The molecule has 0 saturated carbocycles. The molecule has 6 aromatic rings. The lowest BCUT2D eigenvalue weighted by Crippen LogP contribution is -2.15. The smallest absolute Gasteiger partial charge is 0.228 e. The number of hydrogen-bond donors (Lipinski definition) is 1. The molecule has 0 fully saturated rings. The summed E-state index contributed by atoms with van der Waals surface area (Å²) in [6, 6.07) is 19.0. The van der Waals surface area contributed by atoms with Gasteiger partial charge in [-0.25, -0.2) is 19.5 Å². The molecule has 0 radical (unpaired) electrons. The highest BCUT2D eigenvalue weighted by Crippen LogP contribution is 2.49. The van der Waals surface area contributed by atoms with Gasteiger partial charge in [0.15, 0.2) is 27.3 Å². The fourth-order valence-electron chi connectivity index (χ4n) is 4.83. The number of methoxy groups -OCH3 is 2. The lowest BCUT2D eigenvalue weighted by molar-refractivity contribution is 0.354. The predicted octanol–water partition coefficient (Wildman–Crippen LogP) is 6.04. The van der Waals surface area contributed by atoms with E-state index in [-0.39, 0.29) is 11.7 Å². The van der Waals surface area contributed by atoms with Crippen LogP contribution in [0.5, 0.6) is 28.9 Å². The molecule has 4 heterocycles. The molecule has 0 spiro atoms. The summed E-state index contributed by atoms with van der Waals surface area (Å²) in [4.78, 5) is 14.2. The van der Waals surface area contributed by atoms with Crippen LogP contribution < -0.4 is 14.2 Å². The summed E-state index contributed by atoms with van der Waals surface area (Å²) in [5.74, 6) is 3.23. The first-order valence-electron chi connectivity index (χ1n) is 12.1. The highest BCUT2D eigenvalue weighted by Gasteiger charge is 2.34. The van der Waals surface area contributed by atoms with Crippen LogP contribution in [0.15, 0.2) is 71.3 Å². The minimum Gasteiger partial charge on any atom is -0.508 e. The number of fused-ring (bicyclic) bond motifs is 5. The van der Waals surface area contributed by atoms with Crippen molar-refractivity contribution < 1.29 is 19.3 Å². The van der Waals surface area contributed by atoms with Crippen LogP contribution in [0.4, 0.5) is 0 Å². The summed E-state index contributed by atoms with van der Waals surface area (Å²) < 4.78 is 21.0. The van der Waals surface area contributed by atoms with Crippen LogP contribution in [0, 0.1) is 0 Å². The summed E-state index contributed by atoms with van der Waals surface area (Å²) in [6.07, 6.45) is 1.60. The van der Waals surface area contributed by atoms with Gasteiger partial charge in [-0.05, 0) is 35.9 Å². The van der Waals surface area contributed by atoms with Gasteiger partial charge in [0.05, 0.1) is 35.8 Å². The van der Waals surface area contributed by atoms with Crippen LogP contribution in [-0.2, 0) is 5.75 Å². The number of ether oxygens (including phenoxy) is 3. The van der Waals surface area contributed by atoms with Crippen molar-refractivity contribution in [2.24, 2.45) is 0 Å². The maximum absolute atomic E-state index is 10.1. The number of benzene rings is 3. The second-order valence-corrected chi connectivity index (χ2v) is 11.1. The van der Waals surface area contributed by atoms with Crippen LogP contribution in [0.25, 0.3) is 15.9 Å². The van der Waals surface area contributed by atoms with E-state index in [9.17, 15) is 5.11 Å². The molecule has 39 heavy (non-hydrogen) atoms. The van der Waals surface area contributed by atoms with E-state index in [0.717, 1.165) is 31.2 Å². The van der Waals surface area contributed by atoms with Crippen molar-refractivity contribution in [2.75, 3.05) is 14.2 Å². The highest BCUT2D eigenvalue weighted by molar-refractivity contribution is 8.00. The molecule has 3 aromatic heterocycles. The monoisotopic (exact) mass is 555 g/mol. The first-order chi connectivity index (χ1) is 19.1. The summed E-state index contributed by atoms with van der Waals surface area (Å²) in [5, 5.41) is 14.9. The Bertz CT molecular complexity index is 1840. The molecule has 3 aromatic carbocycles. The Morgan fingerprint density at radius 1 is 1.03 bits per heavy atom. The molecule has 0 amide bonds. The molecule has 11 heteroatoms. The average Bonchev–Trinajstić information content (AvgIpc) is 3.58. The van der Waals surface area contributed by atoms with Crippen molar-refractivity contribution >= 4 is 39.0 Å². The van der Waals surface area contributed by atoms with Gasteiger partial charge >= 0.3 is 0 Å². The summed E-state index contributed by atoms with van der Waals surface area (Å²) in [6.45, 7) is 0. The highest BCUT2D eigenvalue weighted by atomic mass is 32.2. The van der Waals surface area contributed by atoms with Gasteiger partial charge in [0.1, 0.15) is 17.8 Å². The normalized spacial score (nSPS) is 14.2. The standard InChI is InChI=1S/C28H21N5O4S2/c1-35-19-10-7-15(11-21(19)36-2)24-17-9-8-16(34)12-20(17)37-27-25(24)26-31-23(32-33(26)14-29-27)13-38-28-30-18-5-3-4-6-22(18)39-28/h3-12,14,24,34H,13H2,1-2H3/t24-/m0/s1. The second kappa shape index (κ2) is 9.44. The number of thiazole rings is 1. The van der Waals surface area contributed by atoms with Gasteiger partial charge in [0.2, 0.25) is 5.88 Å². The van der Waals surface area contributed by atoms with E-state index < -0.39 is 0 Å². The Balaban J connectivity index is 1.32. The number of para-hydroxylation sites is 1. The van der Waals surface area contributed by atoms with Gasteiger partial charge in [0, 0.05) is 17.5 Å². The fraction of sp³-hybridized carbons (Fsp3) is 0.143. The van der Waals surface area contributed by atoms with Crippen molar-refractivity contribution in [3.05, 3.63) is 89.5 Å². The quantitative estimate of drug-likeness (QED) is 0.246. The molecule has 9 nitrogen and oxygen atoms in total. The van der Waals surface area contributed by atoms with Gasteiger partial charge in [0.25, 0.3) is 0 Å². The van der Waals surface area contributed by atoms with Crippen LogP contribution >= 0.6 is 23.1 Å². The van der Waals surface area contributed by atoms with Crippen molar-refractivity contribution in [2.45, 2.75) is 16.0 Å². The van der Waals surface area contributed by atoms with Crippen molar-refractivity contribution in [1.82, 2.24) is 24.6 Å². The second-order valence-electron chi connectivity index (χ2n) is 8.87. The first kappa shape index (κ1) is 23.7. The minimum atomic E-state index is -0.297. The number of aromatic nitrogens is 5. The van der Waals surface area contributed by atoms with E-state index in [4.69, 9.17) is 29.3 Å². The number of rotatable bonds is 6. The van der Waals surface area contributed by atoms with Gasteiger partial charge < -0.3 is 19.3 Å². The molecule has 194 valence electrons. The molecule has 1 atom stereocenters. The molecule has 7 rings (SSSR count). The number of nitrogens with zero attached hydrogens (tertiary/aromatic N) is 5. The van der Waals surface area contributed by atoms with Crippen molar-refractivity contribution in [3.63, 3.8) is 0 Å². The maximum atomic E-state index is 10.1. The third-order valence-electron chi connectivity index (χ3n) is 6.57. The van der Waals surface area contributed by atoms with E-state index in [1.54, 1.807) is 60.3 Å². The van der Waals surface area contributed by atoms with Crippen molar-refractivity contribution in [1.29, 1.82) is 0 Å². The van der Waals surface area contributed by atoms with Gasteiger partial charge in [-0.2, -0.15) is 0 Å². The van der Waals surface area contributed by atoms with E-state index in [1.807, 2.05) is 42.5 Å². The van der Waals surface area contributed by atoms with Gasteiger partial charge in [-0.3, -0.25) is 0 Å². The molecule has 1 aliphatic heterocycles. The molecule has 1 aliphatic rings. The van der Waals surface area contributed by atoms with Crippen LogP contribution in [0.2, 0.25) is 0 Å². The summed E-state index contributed by atoms with van der Waals surface area (Å²) >= 11 is 3.27. The lowest BCUT2D eigenvalue weighted by Gasteiger charge is -2.28. The zero-order valence-electron chi connectivity index (χ0n) is 20.9. The Morgan fingerprint density at radius 2 is 1.90 bits per heavy atom. The van der Waals surface area contributed by atoms with Crippen LogP contribution in [0.1, 0.15) is 28.4 Å². The van der Waals surface area contributed by atoms with Gasteiger partial charge in [-0.15, -0.1) is 16.4 Å². The van der Waals surface area contributed by atoms with E-state index >= 15 is 0 Å². The third-order valence-corrected chi connectivity index (χ3v) is 8.75. The number of hydrogen-bond acceptors (Lipinski definition) is 10. The Labute approximate surface area is 231 Å². The zero-order chi connectivity index (χ0) is 26.5. The molecular weight excluding hydrogens is 534 g/mol. The van der Waals surface area contributed by atoms with Gasteiger partial charge in [-0.1, -0.05) is 36.0 Å². The minimum absolute atomic E-state index is 0.112. The number of thioether (sulfide) groups is 1. The maximum Gasteiger partial charge on any atom is 0.228 e. The van der Waals surface area contributed by atoms with E-state index in [1.165, 1.54) is 0 Å². The molecule has 0 bridgehead atoms. The first-order valence-corrected chi connectivity index (χ1v) is 13.9. The number of phenols is 1. The SMILES string of the molecule is COc1ccc([C@H]2c3ccc(O)cc3Oc3ncn4nc(CSc5nc6ccccc6s5)nc4c32)cc1OC. The third kappa shape index (κ3) is 4.10. The number of aromatic hydroxyl groups is 1.